The number of rotatable bonds is 7. The van der Waals surface area contributed by atoms with Crippen LogP contribution >= 0.6 is 0 Å². The van der Waals surface area contributed by atoms with Crippen molar-refractivity contribution < 1.29 is 32.5 Å². The lowest BCUT2D eigenvalue weighted by atomic mass is 9.88. The number of amides is 1. The minimum absolute atomic E-state index is 0.0692. The summed E-state index contributed by atoms with van der Waals surface area (Å²) in [5.41, 5.74) is 1.75. The molecule has 0 radical (unpaired) electrons. The van der Waals surface area contributed by atoms with E-state index in [-0.39, 0.29) is 23.1 Å². The third-order valence-corrected chi connectivity index (χ3v) is 6.89. The van der Waals surface area contributed by atoms with Crippen molar-refractivity contribution in [3.8, 4) is 22.8 Å². The quantitative estimate of drug-likeness (QED) is 0.473. The van der Waals surface area contributed by atoms with Crippen LogP contribution in [0.2, 0.25) is 0 Å². The number of aliphatic hydroxyl groups excluding tert-OH is 1. The highest BCUT2D eigenvalue weighted by Gasteiger charge is 2.42. The van der Waals surface area contributed by atoms with Crippen molar-refractivity contribution in [3.63, 3.8) is 0 Å². The molecule has 1 unspecified atom stereocenters. The van der Waals surface area contributed by atoms with Crippen molar-refractivity contribution in [1.82, 2.24) is 14.8 Å². The van der Waals surface area contributed by atoms with Gasteiger partial charge >= 0.3 is 6.18 Å². The normalized spacial score (nSPS) is 15.9. The van der Waals surface area contributed by atoms with Crippen molar-refractivity contribution in [2.75, 3.05) is 47.9 Å². The predicted octanol–water partition coefficient (Wildman–Crippen LogP) is 4.72. The van der Waals surface area contributed by atoms with E-state index < -0.39 is 12.3 Å². The average molecular weight is 520 g/mol. The van der Waals surface area contributed by atoms with Crippen molar-refractivity contribution in [1.29, 1.82) is 0 Å². The largest absolute Gasteiger partial charge is 0.493 e. The van der Waals surface area contributed by atoms with E-state index in [1.54, 1.807) is 30.3 Å². The monoisotopic (exact) mass is 519 g/mol. The number of alkyl halides is 3. The molecule has 3 aromatic rings. The van der Waals surface area contributed by atoms with Gasteiger partial charge in [0.05, 0.1) is 26.5 Å². The zero-order valence-corrected chi connectivity index (χ0v) is 21.4. The van der Waals surface area contributed by atoms with Crippen LogP contribution in [-0.4, -0.2) is 79.9 Å². The number of carbonyl (C=O) groups excluding carboxylic acids is 1. The van der Waals surface area contributed by atoms with Gasteiger partial charge in [-0.3, -0.25) is 4.79 Å². The van der Waals surface area contributed by atoms with Gasteiger partial charge < -0.3 is 29.4 Å². The number of fused-ring (bicyclic) bond motifs is 1. The summed E-state index contributed by atoms with van der Waals surface area (Å²) >= 11 is 0. The highest BCUT2D eigenvalue weighted by molar-refractivity contribution is 5.92. The number of piperidine rings is 1. The van der Waals surface area contributed by atoms with E-state index in [4.69, 9.17) is 9.47 Å². The highest BCUT2D eigenvalue weighted by Crippen LogP contribution is 2.44. The molecule has 200 valence electrons. The lowest BCUT2D eigenvalue weighted by molar-refractivity contribution is -0.206. The van der Waals surface area contributed by atoms with Crippen molar-refractivity contribution in [3.05, 3.63) is 47.5 Å². The van der Waals surface area contributed by atoms with Gasteiger partial charge in [-0.2, -0.15) is 13.2 Å². The number of likely N-dealkylation sites (N-methyl/N-ethyl adjacent to an activating group) is 1. The lowest BCUT2D eigenvalue weighted by Gasteiger charge is -2.33. The van der Waals surface area contributed by atoms with E-state index in [0.29, 0.717) is 47.6 Å². The third-order valence-electron chi connectivity index (χ3n) is 6.89. The molecule has 1 saturated heterocycles. The van der Waals surface area contributed by atoms with Crippen LogP contribution in [0.1, 0.15) is 36.0 Å². The van der Waals surface area contributed by atoms with Crippen LogP contribution in [0.3, 0.4) is 0 Å². The Morgan fingerprint density at radius 3 is 2.38 bits per heavy atom. The van der Waals surface area contributed by atoms with Gasteiger partial charge in [0.25, 0.3) is 0 Å². The summed E-state index contributed by atoms with van der Waals surface area (Å²) in [5, 5.41) is 10.8. The average Bonchev–Trinajstić information content (AvgIpc) is 3.25. The van der Waals surface area contributed by atoms with Crippen LogP contribution in [0.4, 0.5) is 13.2 Å². The first-order valence-electron chi connectivity index (χ1n) is 12.1. The number of benzene rings is 2. The fourth-order valence-corrected chi connectivity index (χ4v) is 4.98. The topological polar surface area (TPSA) is 78.0 Å². The number of H-pyrrole nitrogens is 1. The smallest absolute Gasteiger partial charge is 0.418 e. The molecule has 10 heteroatoms. The predicted molar refractivity (Wildman–Crippen MR) is 135 cm³/mol. The van der Waals surface area contributed by atoms with Crippen molar-refractivity contribution in [2.24, 2.45) is 0 Å². The summed E-state index contributed by atoms with van der Waals surface area (Å²) in [7, 11) is 6.62. The molecule has 2 heterocycles. The van der Waals surface area contributed by atoms with E-state index in [0.717, 1.165) is 18.4 Å². The van der Waals surface area contributed by atoms with E-state index in [9.17, 15) is 23.1 Å². The minimum atomic E-state index is -4.85. The molecule has 2 N–H and O–H groups in total. The van der Waals surface area contributed by atoms with Gasteiger partial charge in [0.15, 0.2) is 17.6 Å². The van der Waals surface area contributed by atoms with Crippen LogP contribution in [0.5, 0.6) is 11.5 Å². The second kappa shape index (κ2) is 10.6. The van der Waals surface area contributed by atoms with E-state index >= 15 is 0 Å². The van der Waals surface area contributed by atoms with Gasteiger partial charge in [0, 0.05) is 35.1 Å². The summed E-state index contributed by atoms with van der Waals surface area (Å²) in [5.74, 6) is 0.975. The molecule has 1 aromatic heterocycles. The Hall–Kier alpha value is -3.24. The molecule has 1 aliphatic heterocycles. The van der Waals surface area contributed by atoms with Crippen molar-refractivity contribution >= 4 is 16.8 Å². The number of aromatic nitrogens is 1. The van der Waals surface area contributed by atoms with Crippen molar-refractivity contribution in [2.45, 2.75) is 31.0 Å². The first-order chi connectivity index (χ1) is 17.5. The molecule has 0 bridgehead atoms. The summed E-state index contributed by atoms with van der Waals surface area (Å²) in [6.07, 6.45) is -6.09. The molecular formula is C27H32F3N3O4. The highest BCUT2D eigenvalue weighted by atomic mass is 19.4. The van der Waals surface area contributed by atoms with Crippen LogP contribution < -0.4 is 9.47 Å². The number of hydrogen-bond acceptors (Lipinski definition) is 5. The third kappa shape index (κ3) is 5.55. The SMILES string of the molecule is COc1ccc(-c2[nH]c3ccc(C4CCN(C(=O)CN(C)C)CC4)cc3c2C(O)C(F)(F)F)cc1OC. The van der Waals surface area contributed by atoms with E-state index in [1.807, 2.05) is 30.0 Å². The standard InChI is InChI=1S/C27H32F3N3O4/c1-32(2)15-23(34)33-11-9-16(10-12-33)17-5-7-20-19(13-17)24(26(35)27(28,29)30)25(31-20)18-6-8-21(36-3)22(14-18)37-4/h5-8,13-14,16,26,31,35H,9-12,15H2,1-4H3. The van der Waals surface area contributed by atoms with E-state index in [2.05, 4.69) is 4.98 Å². The number of hydrogen-bond donors (Lipinski definition) is 2. The molecule has 1 atom stereocenters. The lowest BCUT2D eigenvalue weighted by Crippen LogP contribution is -2.42. The molecule has 0 aliphatic carbocycles. The van der Waals surface area contributed by atoms with Gasteiger partial charge in [-0.05, 0) is 68.8 Å². The Morgan fingerprint density at radius 1 is 1.11 bits per heavy atom. The molecule has 1 aliphatic rings. The van der Waals surface area contributed by atoms with Crippen LogP contribution in [0, 0.1) is 0 Å². The number of halogens is 3. The molecule has 1 fully saturated rings. The molecule has 1 amide bonds. The Morgan fingerprint density at radius 2 is 1.78 bits per heavy atom. The molecular weight excluding hydrogens is 487 g/mol. The van der Waals surface area contributed by atoms with Gasteiger partial charge in [-0.15, -0.1) is 0 Å². The number of nitrogens with zero attached hydrogens (tertiary/aromatic N) is 2. The summed E-state index contributed by atoms with van der Waals surface area (Å²) < 4.78 is 52.0. The number of aromatic amines is 1. The maximum atomic E-state index is 13.8. The van der Waals surface area contributed by atoms with Gasteiger partial charge in [0.2, 0.25) is 5.91 Å². The maximum Gasteiger partial charge on any atom is 0.418 e. The summed E-state index contributed by atoms with van der Waals surface area (Å²) in [6, 6.07) is 10.2. The zero-order valence-electron chi connectivity index (χ0n) is 21.4. The zero-order chi connectivity index (χ0) is 26.9. The van der Waals surface area contributed by atoms with Crippen LogP contribution in [0.15, 0.2) is 36.4 Å². The van der Waals surface area contributed by atoms with Crippen LogP contribution in [0.25, 0.3) is 22.2 Å². The van der Waals surface area contributed by atoms with E-state index in [1.165, 1.54) is 14.2 Å². The Bertz CT molecular complexity index is 1260. The first kappa shape index (κ1) is 26.8. The number of carbonyl (C=O) groups is 1. The second-order valence-electron chi connectivity index (χ2n) is 9.63. The molecule has 0 saturated carbocycles. The van der Waals surface area contributed by atoms with Crippen LogP contribution in [-0.2, 0) is 4.79 Å². The molecule has 2 aromatic carbocycles. The Kier molecular flexibility index (Phi) is 7.70. The number of aliphatic hydroxyl groups is 1. The number of nitrogens with one attached hydrogen (secondary N) is 1. The number of methoxy groups -OCH3 is 2. The molecule has 7 nitrogen and oxygen atoms in total. The molecule has 0 spiro atoms. The fraction of sp³-hybridized carbons (Fsp3) is 0.444. The van der Waals surface area contributed by atoms with Gasteiger partial charge in [-0.1, -0.05) is 6.07 Å². The Labute approximate surface area is 213 Å². The number of likely N-dealkylation sites (tertiary alicyclic amines) is 1. The second-order valence-corrected chi connectivity index (χ2v) is 9.63. The summed E-state index contributed by atoms with van der Waals surface area (Å²) in [6.45, 7) is 1.53. The summed E-state index contributed by atoms with van der Waals surface area (Å²) in [4.78, 5) is 19.1. The Balaban J connectivity index is 1.72. The van der Waals surface area contributed by atoms with Gasteiger partial charge in [-0.25, -0.2) is 0 Å². The number of ether oxygens (including phenoxy) is 2. The molecule has 4 rings (SSSR count). The first-order valence-corrected chi connectivity index (χ1v) is 12.1. The maximum absolute atomic E-state index is 13.8. The van der Waals surface area contributed by atoms with Gasteiger partial charge in [0.1, 0.15) is 0 Å². The molecule has 37 heavy (non-hydrogen) atoms. The minimum Gasteiger partial charge on any atom is -0.493 e. The fourth-order valence-electron chi connectivity index (χ4n) is 4.98.